The molecule has 6 heteroatoms. The van der Waals surface area contributed by atoms with Gasteiger partial charge in [-0.25, -0.2) is 22.3 Å². The van der Waals surface area contributed by atoms with E-state index < -0.39 is 27.6 Å². The molecule has 12 heavy (non-hydrogen) atoms. The van der Waals surface area contributed by atoms with Crippen molar-refractivity contribution in [2.24, 2.45) is 5.14 Å². The van der Waals surface area contributed by atoms with Crippen molar-refractivity contribution >= 4 is 10.0 Å². The third-order valence-corrected chi connectivity index (χ3v) is 3.39. The molecule has 1 rings (SSSR count). The van der Waals surface area contributed by atoms with Crippen LogP contribution in [-0.2, 0) is 10.0 Å². The average molecular weight is 199 g/mol. The summed E-state index contributed by atoms with van der Waals surface area (Å²) < 4.78 is 46.8. The first-order valence-corrected chi connectivity index (χ1v) is 5.32. The Morgan fingerprint density at radius 3 is 2.33 bits per heavy atom. The zero-order chi connectivity index (χ0) is 9.41. The zero-order valence-electron chi connectivity index (χ0n) is 6.46. The Morgan fingerprint density at radius 2 is 2.00 bits per heavy atom. The SMILES string of the molecule is NS(=O)(=O)C1CCCC(F)(F)C1. The van der Waals surface area contributed by atoms with E-state index in [0.717, 1.165) is 0 Å². The van der Waals surface area contributed by atoms with Crippen LogP contribution >= 0.6 is 0 Å². The molecule has 72 valence electrons. The second-order valence-corrected chi connectivity index (χ2v) is 5.01. The first-order chi connectivity index (χ1) is 5.31. The molecule has 3 nitrogen and oxygen atoms in total. The molecule has 0 heterocycles. The highest BCUT2D eigenvalue weighted by Crippen LogP contribution is 2.35. The van der Waals surface area contributed by atoms with E-state index in [4.69, 9.17) is 5.14 Å². The van der Waals surface area contributed by atoms with Gasteiger partial charge in [0.1, 0.15) is 0 Å². The summed E-state index contributed by atoms with van der Waals surface area (Å²) in [5.74, 6) is -2.85. The monoisotopic (exact) mass is 199 g/mol. The third kappa shape index (κ3) is 2.38. The minimum absolute atomic E-state index is 0.223. The van der Waals surface area contributed by atoms with Crippen molar-refractivity contribution in [1.29, 1.82) is 0 Å². The largest absolute Gasteiger partial charge is 0.249 e. The maximum Gasteiger partial charge on any atom is 0.249 e. The van der Waals surface area contributed by atoms with Crippen LogP contribution in [0.4, 0.5) is 8.78 Å². The second kappa shape index (κ2) is 2.92. The Hall–Kier alpha value is -0.230. The molecule has 0 amide bonds. The van der Waals surface area contributed by atoms with Crippen molar-refractivity contribution in [1.82, 2.24) is 0 Å². The van der Waals surface area contributed by atoms with E-state index in [1.54, 1.807) is 0 Å². The second-order valence-electron chi connectivity index (χ2n) is 3.16. The predicted octanol–water partition coefficient (Wildman–Crippen LogP) is 0.853. The van der Waals surface area contributed by atoms with Crippen LogP contribution in [0.2, 0.25) is 0 Å². The highest BCUT2D eigenvalue weighted by atomic mass is 32.2. The van der Waals surface area contributed by atoms with Gasteiger partial charge in [0.2, 0.25) is 15.9 Å². The quantitative estimate of drug-likeness (QED) is 0.680. The maximum atomic E-state index is 12.7. The van der Waals surface area contributed by atoms with Gasteiger partial charge in [-0.15, -0.1) is 0 Å². The van der Waals surface area contributed by atoms with Crippen molar-refractivity contribution in [2.75, 3.05) is 0 Å². The normalized spacial score (nSPS) is 30.1. The molecule has 1 unspecified atom stereocenters. The summed E-state index contributed by atoms with van der Waals surface area (Å²) in [7, 11) is -3.78. The van der Waals surface area contributed by atoms with Crippen LogP contribution in [-0.4, -0.2) is 19.6 Å². The molecule has 0 spiro atoms. The minimum Gasteiger partial charge on any atom is -0.228 e. The number of nitrogens with two attached hydrogens (primary N) is 1. The number of primary sulfonamides is 1. The molecular formula is C6H11F2NO2S. The lowest BCUT2D eigenvalue weighted by atomic mass is 9.96. The van der Waals surface area contributed by atoms with E-state index in [-0.39, 0.29) is 19.3 Å². The lowest BCUT2D eigenvalue weighted by molar-refractivity contribution is -0.0324. The topological polar surface area (TPSA) is 60.2 Å². The van der Waals surface area contributed by atoms with Crippen LogP contribution in [0.1, 0.15) is 25.7 Å². The van der Waals surface area contributed by atoms with Gasteiger partial charge < -0.3 is 0 Å². The Kier molecular flexibility index (Phi) is 2.40. The number of alkyl halides is 2. The summed E-state index contributed by atoms with van der Waals surface area (Å²) in [6.45, 7) is 0. The Bertz CT molecular complexity index is 263. The van der Waals surface area contributed by atoms with Crippen LogP contribution in [0.15, 0.2) is 0 Å². The average Bonchev–Trinajstić information content (AvgIpc) is 1.83. The van der Waals surface area contributed by atoms with Gasteiger partial charge in [0.15, 0.2) is 0 Å². The zero-order valence-corrected chi connectivity index (χ0v) is 7.28. The molecule has 1 fully saturated rings. The summed E-state index contributed by atoms with van der Waals surface area (Å²) in [6.07, 6.45) is -0.354. The lowest BCUT2D eigenvalue weighted by Crippen LogP contribution is -2.38. The molecule has 0 aromatic carbocycles. The maximum absolute atomic E-state index is 12.7. The van der Waals surface area contributed by atoms with Crippen molar-refractivity contribution in [3.63, 3.8) is 0 Å². The van der Waals surface area contributed by atoms with E-state index in [2.05, 4.69) is 0 Å². The summed E-state index contributed by atoms with van der Waals surface area (Å²) in [5, 5.41) is 3.72. The van der Waals surface area contributed by atoms with E-state index >= 15 is 0 Å². The summed E-state index contributed by atoms with van der Waals surface area (Å²) in [6, 6.07) is 0. The number of rotatable bonds is 1. The Morgan fingerprint density at radius 1 is 1.42 bits per heavy atom. The van der Waals surface area contributed by atoms with E-state index in [0.29, 0.717) is 0 Å². The molecule has 1 saturated carbocycles. The first-order valence-electron chi connectivity index (χ1n) is 3.71. The van der Waals surface area contributed by atoms with Crippen LogP contribution in [0, 0.1) is 0 Å². The van der Waals surface area contributed by atoms with Crippen LogP contribution in [0.3, 0.4) is 0 Å². The smallest absolute Gasteiger partial charge is 0.228 e. The fraction of sp³-hybridized carbons (Fsp3) is 1.00. The van der Waals surface area contributed by atoms with Gasteiger partial charge in [0, 0.05) is 12.8 Å². The van der Waals surface area contributed by atoms with Crippen molar-refractivity contribution in [2.45, 2.75) is 36.9 Å². The Balaban J connectivity index is 2.71. The Labute approximate surface area is 70.0 Å². The van der Waals surface area contributed by atoms with Crippen LogP contribution < -0.4 is 5.14 Å². The number of sulfonamides is 1. The van der Waals surface area contributed by atoms with Gasteiger partial charge in [-0.1, -0.05) is 0 Å². The molecule has 0 saturated heterocycles. The van der Waals surface area contributed by atoms with Gasteiger partial charge in [-0.05, 0) is 12.8 Å². The van der Waals surface area contributed by atoms with Crippen LogP contribution in [0.25, 0.3) is 0 Å². The van der Waals surface area contributed by atoms with E-state index in [9.17, 15) is 17.2 Å². The number of hydrogen-bond acceptors (Lipinski definition) is 2. The van der Waals surface area contributed by atoms with Gasteiger partial charge in [0.05, 0.1) is 5.25 Å². The molecule has 0 aromatic heterocycles. The highest BCUT2D eigenvalue weighted by molar-refractivity contribution is 7.89. The van der Waals surface area contributed by atoms with Gasteiger partial charge >= 0.3 is 0 Å². The molecule has 0 aliphatic heterocycles. The molecule has 0 bridgehead atoms. The summed E-state index contributed by atoms with van der Waals surface area (Å²) in [5.41, 5.74) is 0. The predicted molar refractivity (Wildman–Crippen MR) is 40.3 cm³/mol. The first kappa shape index (κ1) is 9.85. The summed E-state index contributed by atoms with van der Waals surface area (Å²) in [4.78, 5) is 0. The van der Waals surface area contributed by atoms with Crippen LogP contribution in [0.5, 0.6) is 0 Å². The van der Waals surface area contributed by atoms with Gasteiger partial charge in [-0.2, -0.15) is 0 Å². The van der Waals surface area contributed by atoms with Gasteiger partial charge in [-0.3, -0.25) is 0 Å². The molecule has 2 N–H and O–H groups in total. The lowest BCUT2D eigenvalue weighted by Gasteiger charge is -2.27. The molecule has 1 aliphatic rings. The molecule has 0 aromatic rings. The van der Waals surface area contributed by atoms with Gasteiger partial charge in [0.25, 0.3) is 0 Å². The fourth-order valence-corrected chi connectivity index (χ4v) is 2.38. The molecule has 1 aliphatic carbocycles. The van der Waals surface area contributed by atoms with E-state index in [1.807, 2.05) is 0 Å². The van der Waals surface area contributed by atoms with Crippen molar-refractivity contribution < 1.29 is 17.2 Å². The molecule has 1 atom stereocenters. The number of halogens is 2. The standard InChI is InChI=1S/C6H11F2NO2S/c7-6(8)3-1-2-5(4-6)12(9,10)11/h5H,1-4H2,(H2,9,10,11). The summed E-state index contributed by atoms with van der Waals surface area (Å²) >= 11 is 0. The van der Waals surface area contributed by atoms with Crippen molar-refractivity contribution in [3.8, 4) is 0 Å². The third-order valence-electron chi connectivity index (χ3n) is 2.06. The molecule has 0 radical (unpaired) electrons. The fourth-order valence-electron chi connectivity index (χ4n) is 1.41. The highest BCUT2D eigenvalue weighted by Gasteiger charge is 2.40. The number of hydrogen-bond donors (Lipinski definition) is 1. The van der Waals surface area contributed by atoms with E-state index in [1.165, 1.54) is 0 Å². The minimum atomic E-state index is -3.78. The van der Waals surface area contributed by atoms with Crippen molar-refractivity contribution in [3.05, 3.63) is 0 Å². The molecular weight excluding hydrogens is 188 g/mol.